The Labute approximate surface area is 227 Å². The zero-order valence-electron chi connectivity index (χ0n) is 21.8. The molecule has 0 saturated carbocycles. The number of hydrogen-bond acceptors (Lipinski definition) is 7. The van der Waals surface area contributed by atoms with E-state index in [4.69, 9.17) is 14.6 Å². The molecule has 4 rings (SSSR count). The summed E-state index contributed by atoms with van der Waals surface area (Å²) in [6.45, 7) is 4.88. The van der Waals surface area contributed by atoms with Crippen LogP contribution in [0.5, 0.6) is 5.75 Å². The number of aromatic hydroxyl groups is 1. The Balaban J connectivity index is 0.000000342. The van der Waals surface area contributed by atoms with Crippen LogP contribution in [0.3, 0.4) is 0 Å². The van der Waals surface area contributed by atoms with E-state index in [0.717, 1.165) is 12.5 Å². The smallest absolute Gasteiger partial charge is 0.338 e. The molecule has 0 spiro atoms. The van der Waals surface area contributed by atoms with Gasteiger partial charge in [0.2, 0.25) is 11.9 Å². The molecule has 1 amide bonds. The lowest BCUT2D eigenvalue weighted by Gasteiger charge is -2.18. The van der Waals surface area contributed by atoms with Crippen molar-refractivity contribution in [3.8, 4) is 28.2 Å². The Bertz CT molecular complexity index is 1640. The van der Waals surface area contributed by atoms with Gasteiger partial charge in [0.15, 0.2) is 5.43 Å². The largest absolute Gasteiger partial charge is 0.508 e. The summed E-state index contributed by atoms with van der Waals surface area (Å²) in [6, 6.07) is 11.5. The molecule has 40 heavy (non-hydrogen) atoms. The molecule has 2 aliphatic rings. The SMILES string of the molecule is CC(=O)NC(C(=O)O)C(=O)O.CCc1cc2c(-c3ccccc3C(=O)O)c3cc(CC)c(=O)cc-3oc2cc1O. The zero-order chi connectivity index (χ0) is 29.7. The van der Waals surface area contributed by atoms with E-state index in [1.54, 1.807) is 35.6 Å². The summed E-state index contributed by atoms with van der Waals surface area (Å²) >= 11 is 0. The summed E-state index contributed by atoms with van der Waals surface area (Å²) < 4.78 is 5.96. The third-order valence-corrected chi connectivity index (χ3v) is 6.13. The maximum Gasteiger partial charge on any atom is 0.338 e. The van der Waals surface area contributed by atoms with Gasteiger partial charge in [-0.05, 0) is 42.2 Å². The number of phenols is 1. The maximum atomic E-state index is 12.4. The van der Waals surface area contributed by atoms with Crippen LogP contribution in [-0.2, 0) is 27.2 Å². The Morgan fingerprint density at radius 2 is 1.50 bits per heavy atom. The Hall–Kier alpha value is -5.19. The molecule has 1 aliphatic carbocycles. The van der Waals surface area contributed by atoms with Gasteiger partial charge in [0.05, 0.1) is 5.56 Å². The van der Waals surface area contributed by atoms with Crippen molar-refractivity contribution in [2.24, 2.45) is 0 Å². The van der Waals surface area contributed by atoms with Crippen LogP contribution < -0.4 is 10.7 Å². The molecule has 0 atom stereocenters. The molecule has 0 saturated heterocycles. The van der Waals surface area contributed by atoms with E-state index in [1.165, 1.54) is 12.1 Å². The van der Waals surface area contributed by atoms with Gasteiger partial charge in [-0.3, -0.25) is 9.59 Å². The molecule has 11 nitrogen and oxygen atoms in total. The second-order valence-electron chi connectivity index (χ2n) is 8.78. The molecule has 0 bridgehead atoms. The number of fused-ring (bicyclic) bond motifs is 2. The summed E-state index contributed by atoms with van der Waals surface area (Å²) in [5.74, 6) is -4.44. The van der Waals surface area contributed by atoms with Crippen LogP contribution in [0.2, 0.25) is 0 Å². The van der Waals surface area contributed by atoms with Gasteiger partial charge in [-0.1, -0.05) is 32.0 Å². The molecule has 0 aromatic heterocycles. The average molecular weight is 550 g/mol. The third-order valence-electron chi connectivity index (χ3n) is 6.13. The van der Waals surface area contributed by atoms with Crippen molar-refractivity contribution in [2.75, 3.05) is 0 Å². The predicted octanol–water partition coefficient (Wildman–Crippen LogP) is 3.75. The first-order valence-electron chi connectivity index (χ1n) is 12.2. The number of amides is 1. The highest BCUT2D eigenvalue weighted by Gasteiger charge is 2.26. The highest BCUT2D eigenvalue weighted by molar-refractivity contribution is 6.08. The van der Waals surface area contributed by atoms with Gasteiger partial charge >= 0.3 is 17.9 Å². The van der Waals surface area contributed by atoms with E-state index in [0.29, 0.717) is 51.8 Å². The Morgan fingerprint density at radius 1 is 0.875 bits per heavy atom. The maximum absolute atomic E-state index is 12.4. The fourth-order valence-electron chi connectivity index (χ4n) is 4.21. The van der Waals surface area contributed by atoms with Crippen LogP contribution in [0, 0.1) is 0 Å². The highest BCUT2D eigenvalue weighted by Crippen LogP contribution is 2.43. The van der Waals surface area contributed by atoms with E-state index in [-0.39, 0.29) is 16.7 Å². The number of carboxylic acids is 3. The fourth-order valence-corrected chi connectivity index (χ4v) is 4.21. The van der Waals surface area contributed by atoms with Gasteiger partial charge in [-0.15, -0.1) is 0 Å². The van der Waals surface area contributed by atoms with Crippen molar-refractivity contribution in [3.63, 3.8) is 0 Å². The van der Waals surface area contributed by atoms with Gasteiger partial charge in [0.25, 0.3) is 0 Å². The van der Waals surface area contributed by atoms with Gasteiger partial charge < -0.3 is 30.2 Å². The molecule has 5 N–H and O–H groups in total. The first-order valence-corrected chi connectivity index (χ1v) is 12.2. The molecule has 1 aliphatic heterocycles. The lowest BCUT2D eigenvalue weighted by Crippen LogP contribution is -2.45. The normalized spacial score (nSPS) is 10.7. The van der Waals surface area contributed by atoms with Crippen LogP contribution in [0.15, 0.2) is 57.7 Å². The van der Waals surface area contributed by atoms with Crippen molar-refractivity contribution in [1.82, 2.24) is 5.32 Å². The second kappa shape index (κ2) is 12.1. The summed E-state index contributed by atoms with van der Waals surface area (Å²) in [4.78, 5) is 54.7. The number of aliphatic carboxylic acids is 2. The lowest BCUT2D eigenvalue weighted by atomic mass is 9.89. The van der Waals surface area contributed by atoms with Crippen LogP contribution in [-0.4, -0.2) is 50.3 Å². The Morgan fingerprint density at radius 3 is 2.02 bits per heavy atom. The molecule has 2 aromatic carbocycles. The van der Waals surface area contributed by atoms with Crippen LogP contribution >= 0.6 is 0 Å². The van der Waals surface area contributed by atoms with Gasteiger partial charge in [0, 0.05) is 41.1 Å². The van der Waals surface area contributed by atoms with Crippen LogP contribution in [0.1, 0.15) is 42.3 Å². The van der Waals surface area contributed by atoms with E-state index >= 15 is 0 Å². The first-order chi connectivity index (χ1) is 18.9. The standard InChI is InChI=1S/C24H20O5.C5H7NO5/c1-3-13-9-17-21(11-19(13)25)29-22-12-20(26)14(4-2)10-18(22)23(17)15-7-5-6-8-16(15)24(27)28;1-2(7)6-3(4(8)9)5(10)11/h5-12,25H,3-4H2,1-2H3,(H,27,28);3H,1H3,(H,6,7)(H,8,9)(H,10,11). The fraction of sp³-hybridized carbons (Fsp3) is 0.207. The van der Waals surface area contributed by atoms with E-state index in [2.05, 4.69) is 0 Å². The van der Waals surface area contributed by atoms with Crippen molar-refractivity contribution in [1.29, 1.82) is 0 Å². The van der Waals surface area contributed by atoms with E-state index < -0.39 is 29.9 Å². The van der Waals surface area contributed by atoms with Crippen LogP contribution in [0.4, 0.5) is 0 Å². The number of aromatic carboxylic acids is 1. The number of nitrogens with one attached hydrogen (secondary N) is 1. The van der Waals surface area contributed by atoms with E-state index in [1.807, 2.05) is 19.9 Å². The number of benzene rings is 3. The molecule has 0 fully saturated rings. The number of aryl methyl sites for hydroxylation is 2. The van der Waals surface area contributed by atoms with Crippen molar-refractivity contribution in [3.05, 3.63) is 75.4 Å². The zero-order valence-corrected chi connectivity index (χ0v) is 21.8. The van der Waals surface area contributed by atoms with Crippen LogP contribution in [0.25, 0.3) is 33.4 Å². The third kappa shape index (κ3) is 6.09. The molecule has 0 unspecified atom stereocenters. The lowest BCUT2D eigenvalue weighted by molar-refractivity contribution is -0.152. The number of hydrogen-bond donors (Lipinski definition) is 5. The number of rotatable bonds is 7. The predicted molar refractivity (Wildman–Crippen MR) is 145 cm³/mol. The highest BCUT2D eigenvalue weighted by atomic mass is 16.4. The molecular formula is C29H27NO10. The number of phenolic OH excluding ortho intramolecular Hbond substituents is 1. The topological polar surface area (TPSA) is 191 Å². The summed E-state index contributed by atoms with van der Waals surface area (Å²) in [6.07, 6.45) is 1.17. The van der Waals surface area contributed by atoms with Crippen molar-refractivity contribution < 1.29 is 44.0 Å². The molecular weight excluding hydrogens is 522 g/mol. The molecule has 208 valence electrons. The molecule has 1 heterocycles. The second-order valence-corrected chi connectivity index (χ2v) is 8.78. The van der Waals surface area contributed by atoms with Gasteiger partial charge in [0.1, 0.15) is 17.1 Å². The van der Waals surface area contributed by atoms with E-state index in [9.17, 15) is 34.2 Å². The minimum atomic E-state index is -1.85. The Kier molecular flexibility index (Phi) is 8.89. The summed E-state index contributed by atoms with van der Waals surface area (Å²) in [5, 5.41) is 38.9. The quantitative estimate of drug-likeness (QED) is 0.167. The van der Waals surface area contributed by atoms with Crippen molar-refractivity contribution in [2.45, 2.75) is 39.7 Å². The number of carbonyl (C=O) groups is 4. The molecule has 0 radical (unpaired) electrons. The monoisotopic (exact) mass is 549 g/mol. The van der Waals surface area contributed by atoms with Gasteiger partial charge in [-0.25, -0.2) is 14.4 Å². The number of carbonyl (C=O) groups excluding carboxylic acids is 1. The minimum absolute atomic E-state index is 0.105. The molecule has 2 aromatic rings. The first kappa shape index (κ1) is 29.4. The molecule has 11 heteroatoms. The average Bonchev–Trinajstić information content (AvgIpc) is 2.89. The minimum Gasteiger partial charge on any atom is -0.508 e. The summed E-state index contributed by atoms with van der Waals surface area (Å²) in [7, 11) is 0. The van der Waals surface area contributed by atoms with Crippen molar-refractivity contribution >= 4 is 34.8 Å². The number of carboxylic acid groups (broad SMARTS) is 3. The van der Waals surface area contributed by atoms with Gasteiger partial charge in [-0.2, -0.15) is 0 Å². The summed E-state index contributed by atoms with van der Waals surface area (Å²) in [5.41, 5.74) is 3.70.